The van der Waals surface area contributed by atoms with Crippen LogP contribution in [-0.2, 0) is 65.4 Å². The van der Waals surface area contributed by atoms with E-state index in [1.165, 1.54) is 225 Å². The van der Waals surface area contributed by atoms with Crippen LogP contribution in [0.4, 0.5) is 0 Å². The highest BCUT2D eigenvalue weighted by Gasteiger charge is 2.30. The minimum atomic E-state index is -4.96. The Bertz CT molecular complexity index is 1970. The Morgan fingerprint density at radius 2 is 0.416 bits per heavy atom. The zero-order valence-corrected chi connectivity index (χ0v) is 68.3. The number of rotatable bonds is 79. The molecule has 0 spiro atoms. The van der Waals surface area contributed by atoms with Gasteiger partial charge in [-0.25, -0.2) is 9.13 Å². The molecule has 0 aromatic rings. The zero-order chi connectivity index (χ0) is 74.6. The van der Waals surface area contributed by atoms with Gasteiger partial charge in [0.2, 0.25) is 0 Å². The lowest BCUT2D eigenvalue weighted by molar-refractivity contribution is -0.161. The van der Waals surface area contributed by atoms with Crippen LogP contribution in [0.15, 0.2) is 0 Å². The van der Waals surface area contributed by atoms with Gasteiger partial charge in [-0.3, -0.25) is 37.3 Å². The van der Waals surface area contributed by atoms with Crippen LogP contribution in [0.1, 0.15) is 421 Å². The first kappa shape index (κ1) is 99.1. The first-order valence-electron chi connectivity index (χ1n) is 42.2. The molecule has 5 atom stereocenters. The molecule has 0 aliphatic heterocycles. The molecule has 0 fully saturated rings. The lowest BCUT2D eigenvalue weighted by Crippen LogP contribution is -2.30. The third kappa shape index (κ3) is 76.1. The largest absolute Gasteiger partial charge is 0.472 e. The number of hydrogen-bond acceptors (Lipinski definition) is 15. The highest BCUT2D eigenvalue weighted by molar-refractivity contribution is 7.47. The Morgan fingerprint density at radius 1 is 0.248 bits per heavy atom. The Kier molecular flexibility index (Phi) is 69.6. The number of esters is 4. The number of carbonyl (C=O) groups excluding carboxylic acids is 4. The Hall–Kier alpha value is -1.94. The molecule has 19 heteroatoms. The molecule has 600 valence electrons. The van der Waals surface area contributed by atoms with Crippen LogP contribution in [0, 0.1) is 23.7 Å². The third-order valence-electron chi connectivity index (χ3n) is 19.1. The van der Waals surface area contributed by atoms with Gasteiger partial charge in [-0.05, 0) is 49.4 Å². The fourth-order valence-corrected chi connectivity index (χ4v) is 14.2. The van der Waals surface area contributed by atoms with E-state index in [1.54, 1.807) is 0 Å². The highest BCUT2D eigenvalue weighted by atomic mass is 31.2. The van der Waals surface area contributed by atoms with Crippen molar-refractivity contribution in [2.75, 3.05) is 39.6 Å². The van der Waals surface area contributed by atoms with Crippen LogP contribution in [0.25, 0.3) is 0 Å². The molecule has 3 N–H and O–H groups in total. The standard InChI is InChI=1S/C82H160O17P2/c1-72(2)58-50-42-34-26-19-15-13-11-9-10-12-14-16-22-31-40-48-56-64-81(86)98-77(68-92-79(84)62-54-46-38-30-23-17-20-27-35-43-51-59-73(3)4)70-96-100(88,89)94-66-76(83)67-95-101(90,91)97-71-78(69-93-80(85)63-55-47-39-33-25-29-37-45-53-61-75(7)8)99-82(87)65-57-49-41-32-24-18-21-28-36-44-52-60-74(5)6/h72-78,83H,9-71H2,1-8H3,(H,88,89)(H,90,91)/t76-,77-,78-/m1/s1. The summed E-state index contributed by atoms with van der Waals surface area (Å²) < 4.78 is 68.8. The summed E-state index contributed by atoms with van der Waals surface area (Å²) in [5.74, 6) is 0.988. The summed E-state index contributed by atoms with van der Waals surface area (Å²) in [7, 11) is -9.92. The molecule has 0 aliphatic carbocycles. The van der Waals surface area contributed by atoms with Crippen molar-refractivity contribution in [1.29, 1.82) is 0 Å². The summed E-state index contributed by atoms with van der Waals surface area (Å²) in [4.78, 5) is 73.1. The number of aliphatic hydroxyl groups is 1. The number of carbonyl (C=O) groups is 4. The van der Waals surface area contributed by atoms with E-state index in [2.05, 4.69) is 55.4 Å². The summed E-state index contributed by atoms with van der Waals surface area (Å²) in [6.45, 7) is 14.3. The van der Waals surface area contributed by atoms with Crippen molar-refractivity contribution < 1.29 is 80.2 Å². The molecule has 0 rings (SSSR count). The summed E-state index contributed by atoms with van der Waals surface area (Å²) >= 11 is 0. The van der Waals surface area contributed by atoms with Crippen molar-refractivity contribution in [1.82, 2.24) is 0 Å². The predicted octanol–water partition coefficient (Wildman–Crippen LogP) is 24.4. The molecule has 0 bridgehead atoms. The molecule has 0 saturated heterocycles. The number of phosphoric acid groups is 2. The highest BCUT2D eigenvalue weighted by Crippen LogP contribution is 2.45. The van der Waals surface area contributed by atoms with Crippen LogP contribution in [0.3, 0.4) is 0 Å². The average molecular weight is 1480 g/mol. The van der Waals surface area contributed by atoms with Gasteiger partial charge >= 0.3 is 39.5 Å². The van der Waals surface area contributed by atoms with Gasteiger partial charge < -0.3 is 33.8 Å². The van der Waals surface area contributed by atoms with E-state index in [4.69, 9.17) is 37.0 Å². The second kappa shape index (κ2) is 71.0. The Balaban J connectivity index is 5.24. The maximum Gasteiger partial charge on any atom is 0.472 e. The van der Waals surface area contributed by atoms with Crippen LogP contribution in [0.5, 0.6) is 0 Å². The number of ether oxygens (including phenoxy) is 4. The van der Waals surface area contributed by atoms with E-state index >= 15 is 0 Å². The van der Waals surface area contributed by atoms with Gasteiger partial charge in [0.1, 0.15) is 19.3 Å². The molecule has 101 heavy (non-hydrogen) atoms. The minimum absolute atomic E-state index is 0.106. The molecule has 0 aliphatic rings. The average Bonchev–Trinajstić information content (AvgIpc) is 0.988. The number of aliphatic hydroxyl groups excluding tert-OH is 1. The summed E-state index contributed by atoms with van der Waals surface area (Å²) in [6, 6.07) is 0. The van der Waals surface area contributed by atoms with Crippen LogP contribution < -0.4 is 0 Å². The predicted molar refractivity (Wildman–Crippen MR) is 414 cm³/mol. The van der Waals surface area contributed by atoms with E-state index in [9.17, 15) is 43.2 Å². The normalized spacial score (nSPS) is 14.0. The summed E-state index contributed by atoms with van der Waals surface area (Å²) in [6.07, 6.45) is 58.3. The fourth-order valence-electron chi connectivity index (χ4n) is 12.6. The monoisotopic (exact) mass is 1480 g/mol. The molecule has 0 amide bonds. The van der Waals surface area contributed by atoms with Crippen LogP contribution >= 0.6 is 15.6 Å². The first-order valence-corrected chi connectivity index (χ1v) is 45.2. The number of phosphoric ester groups is 2. The lowest BCUT2D eigenvalue weighted by Gasteiger charge is -2.21. The molecule has 0 saturated carbocycles. The van der Waals surface area contributed by atoms with Gasteiger partial charge in [-0.1, -0.05) is 370 Å². The van der Waals surface area contributed by atoms with E-state index in [0.29, 0.717) is 25.7 Å². The number of hydrogen-bond donors (Lipinski definition) is 3. The van der Waals surface area contributed by atoms with Gasteiger partial charge in [0, 0.05) is 25.7 Å². The molecular formula is C82H160O17P2. The topological polar surface area (TPSA) is 237 Å². The Labute approximate surface area is 619 Å². The summed E-state index contributed by atoms with van der Waals surface area (Å²) in [5, 5.41) is 10.6. The van der Waals surface area contributed by atoms with Crippen molar-refractivity contribution in [2.45, 2.75) is 440 Å². The van der Waals surface area contributed by atoms with Gasteiger partial charge in [-0.15, -0.1) is 0 Å². The first-order chi connectivity index (χ1) is 48.6. The van der Waals surface area contributed by atoms with E-state index in [1.807, 2.05) is 0 Å². The maximum absolute atomic E-state index is 13.1. The SMILES string of the molecule is CC(C)CCCCCCCCCCCCCCCCCCCCC(=O)O[C@H](COC(=O)CCCCCCCCCCCCCC(C)C)COP(=O)(O)OC[C@@H](O)COP(=O)(O)OC[C@@H](COC(=O)CCCCCCCCCCCC(C)C)OC(=O)CCCCCCCCCCCCCC(C)C. The molecule has 2 unspecified atom stereocenters. The summed E-state index contributed by atoms with van der Waals surface area (Å²) in [5.41, 5.74) is 0. The quantitative estimate of drug-likeness (QED) is 0.0222. The fraction of sp³-hybridized carbons (Fsp3) is 0.951. The van der Waals surface area contributed by atoms with Crippen molar-refractivity contribution in [3.63, 3.8) is 0 Å². The van der Waals surface area contributed by atoms with E-state index < -0.39 is 97.5 Å². The smallest absolute Gasteiger partial charge is 0.462 e. The molecular weight excluding hydrogens is 1320 g/mol. The maximum atomic E-state index is 13.1. The third-order valence-corrected chi connectivity index (χ3v) is 21.0. The van der Waals surface area contributed by atoms with Crippen molar-refractivity contribution in [2.24, 2.45) is 23.7 Å². The van der Waals surface area contributed by atoms with Gasteiger partial charge in [0.15, 0.2) is 12.2 Å². The van der Waals surface area contributed by atoms with Gasteiger partial charge in [0.05, 0.1) is 26.4 Å². The van der Waals surface area contributed by atoms with Gasteiger partial charge in [0.25, 0.3) is 0 Å². The minimum Gasteiger partial charge on any atom is -0.462 e. The second-order valence-electron chi connectivity index (χ2n) is 31.4. The number of unbranched alkanes of at least 4 members (excludes halogenated alkanes) is 45. The van der Waals surface area contributed by atoms with Gasteiger partial charge in [-0.2, -0.15) is 0 Å². The second-order valence-corrected chi connectivity index (χ2v) is 34.3. The molecule has 0 heterocycles. The van der Waals surface area contributed by atoms with Crippen molar-refractivity contribution >= 4 is 39.5 Å². The van der Waals surface area contributed by atoms with Crippen LogP contribution in [0.2, 0.25) is 0 Å². The van der Waals surface area contributed by atoms with E-state index in [0.717, 1.165) is 114 Å². The lowest BCUT2D eigenvalue weighted by atomic mass is 10.0. The van der Waals surface area contributed by atoms with E-state index in [-0.39, 0.29) is 25.7 Å². The molecule has 0 radical (unpaired) electrons. The van der Waals surface area contributed by atoms with Crippen LogP contribution in [-0.4, -0.2) is 96.7 Å². The molecule has 0 aromatic carbocycles. The Morgan fingerprint density at radius 3 is 0.614 bits per heavy atom. The zero-order valence-electron chi connectivity index (χ0n) is 66.5. The molecule has 17 nitrogen and oxygen atoms in total. The van der Waals surface area contributed by atoms with Crippen molar-refractivity contribution in [3.05, 3.63) is 0 Å². The van der Waals surface area contributed by atoms with Crippen molar-refractivity contribution in [3.8, 4) is 0 Å². The molecule has 0 aromatic heterocycles.